The normalized spacial score (nSPS) is 11.6. The number of aromatic nitrogens is 1. The third-order valence-electron chi connectivity index (χ3n) is 2.85. The highest BCUT2D eigenvalue weighted by atomic mass is 35.5. The summed E-state index contributed by atoms with van der Waals surface area (Å²) in [6.07, 6.45) is 1.48. The number of carbonyl (C=O) groups is 1. The fraction of sp³-hybridized carbons (Fsp3) is 0.200. The SMILES string of the molecule is COc1ccc(NC(C)C(=O)Nc2ccc(Cl)cn2)cc1. The first-order valence-electron chi connectivity index (χ1n) is 6.41. The summed E-state index contributed by atoms with van der Waals surface area (Å²) < 4.78 is 5.08. The molecule has 1 aromatic carbocycles. The second-order valence-corrected chi connectivity index (χ2v) is 4.88. The summed E-state index contributed by atoms with van der Waals surface area (Å²) in [7, 11) is 1.61. The van der Waals surface area contributed by atoms with Crippen molar-refractivity contribution in [2.75, 3.05) is 17.7 Å². The Kier molecular flexibility index (Phi) is 5.00. The van der Waals surface area contributed by atoms with Crippen molar-refractivity contribution in [2.24, 2.45) is 0 Å². The molecule has 0 aliphatic rings. The maximum atomic E-state index is 12.1. The van der Waals surface area contributed by atoms with Crippen LogP contribution >= 0.6 is 11.6 Å². The van der Waals surface area contributed by atoms with E-state index in [2.05, 4.69) is 15.6 Å². The lowest BCUT2D eigenvalue weighted by atomic mass is 10.2. The molecular weight excluding hydrogens is 290 g/mol. The molecule has 2 N–H and O–H groups in total. The van der Waals surface area contributed by atoms with E-state index >= 15 is 0 Å². The first-order valence-corrected chi connectivity index (χ1v) is 6.79. The first kappa shape index (κ1) is 15.1. The van der Waals surface area contributed by atoms with E-state index in [1.165, 1.54) is 6.20 Å². The zero-order valence-corrected chi connectivity index (χ0v) is 12.5. The molecule has 0 saturated carbocycles. The van der Waals surface area contributed by atoms with Gasteiger partial charge in [0.25, 0.3) is 0 Å². The number of hydrogen-bond donors (Lipinski definition) is 2. The van der Waals surface area contributed by atoms with Crippen LogP contribution in [-0.2, 0) is 4.79 Å². The van der Waals surface area contributed by atoms with Crippen LogP contribution in [0.4, 0.5) is 11.5 Å². The lowest BCUT2D eigenvalue weighted by Gasteiger charge is -2.15. The van der Waals surface area contributed by atoms with Crippen molar-refractivity contribution < 1.29 is 9.53 Å². The Morgan fingerprint density at radius 1 is 1.24 bits per heavy atom. The predicted octanol–water partition coefficient (Wildman–Crippen LogP) is 3.18. The first-order chi connectivity index (χ1) is 10.1. The minimum atomic E-state index is -0.407. The second kappa shape index (κ2) is 6.95. The van der Waals surface area contributed by atoms with Gasteiger partial charge in [-0.15, -0.1) is 0 Å². The monoisotopic (exact) mass is 305 g/mol. The molecule has 2 rings (SSSR count). The average Bonchev–Trinajstić information content (AvgIpc) is 2.50. The number of nitrogens with zero attached hydrogens (tertiary/aromatic N) is 1. The van der Waals surface area contributed by atoms with E-state index in [9.17, 15) is 4.79 Å². The fourth-order valence-electron chi connectivity index (χ4n) is 1.69. The van der Waals surface area contributed by atoms with E-state index in [4.69, 9.17) is 16.3 Å². The summed E-state index contributed by atoms with van der Waals surface area (Å²) in [5.74, 6) is 1.05. The fourth-order valence-corrected chi connectivity index (χ4v) is 1.80. The molecule has 6 heteroatoms. The Hall–Kier alpha value is -2.27. The van der Waals surface area contributed by atoms with Crippen LogP contribution in [0.1, 0.15) is 6.92 Å². The summed E-state index contributed by atoms with van der Waals surface area (Å²) in [6.45, 7) is 1.77. The quantitative estimate of drug-likeness (QED) is 0.890. The van der Waals surface area contributed by atoms with Crippen LogP contribution in [-0.4, -0.2) is 24.0 Å². The topological polar surface area (TPSA) is 63.2 Å². The number of anilines is 2. The molecule has 0 aliphatic heterocycles. The number of amides is 1. The molecule has 21 heavy (non-hydrogen) atoms. The Morgan fingerprint density at radius 2 is 1.95 bits per heavy atom. The number of carbonyl (C=O) groups excluding carboxylic acids is 1. The summed E-state index contributed by atoms with van der Waals surface area (Å²) in [5.41, 5.74) is 0.836. The lowest BCUT2D eigenvalue weighted by Crippen LogP contribution is -2.32. The molecule has 1 atom stereocenters. The molecule has 5 nitrogen and oxygen atoms in total. The molecule has 1 unspecified atom stereocenters. The van der Waals surface area contributed by atoms with Gasteiger partial charge >= 0.3 is 0 Å². The molecule has 0 fully saturated rings. The summed E-state index contributed by atoms with van der Waals surface area (Å²) in [4.78, 5) is 16.1. The molecular formula is C15H16ClN3O2. The third-order valence-corrected chi connectivity index (χ3v) is 3.07. The molecule has 0 bridgehead atoms. The van der Waals surface area contributed by atoms with Crippen LogP contribution in [0, 0.1) is 0 Å². The zero-order chi connectivity index (χ0) is 15.2. The van der Waals surface area contributed by atoms with Crippen LogP contribution in [0.3, 0.4) is 0 Å². The maximum absolute atomic E-state index is 12.1. The molecule has 0 radical (unpaired) electrons. The molecule has 0 saturated heterocycles. The standard InChI is InChI=1S/C15H16ClN3O2/c1-10(18-12-4-6-13(21-2)7-5-12)15(20)19-14-8-3-11(16)9-17-14/h3-10,18H,1-2H3,(H,17,19,20). The van der Waals surface area contributed by atoms with Crippen LogP contribution in [0.5, 0.6) is 5.75 Å². The van der Waals surface area contributed by atoms with Crippen LogP contribution in [0.15, 0.2) is 42.6 Å². The number of methoxy groups -OCH3 is 1. The molecule has 0 aliphatic carbocycles. The number of halogens is 1. The van der Waals surface area contributed by atoms with E-state index in [0.29, 0.717) is 10.8 Å². The van der Waals surface area contributed by atoms with Gasteiger partial charge in [-0.3, -0.25) is 4.79 Å². The van der Waals surface area contributed by atoms with E-state index in [0.717, 1.165) is 11.4 Å². The van der Waals surface area contributed by atoms with Gasteiger partial charge in [0.15, 0.2) is 0 Å². The zero-order valence-electron chi connectivity index (χ0n) is 11.8. The number of benzene rings is 1. The lowest BCUT2D eigenvalue weighted by molar-refractivity contribution is -0.116. The van der Waals surface area contributed by atoms with Crippen molar-refractivity contribution in [3.8, 4) is 5.75 Å². The maximum Gasteiger partial charge on any atom is 0.247 e. The minimum absolute atomic E-state index is 0.180. The highest BCUT2D eigenvalue weighted by Crippen LogP contribution is 2.16. The van der Waals surface area contributed by atoms with E-state index < -0.39 is 6.04 Å². The Labute approximate surface area is 128 Å². The van der Waals surface area contributed by atoms with Gasteiger partial charge in [0.05, 0.1) is 12.1 Å². The molecule has 110 valence electrons. The number of rotatable bonds is 5. The summed E-state index contributed by atoms with van der Waals surface area (Å²) in [5, 5.41) is 6.34. The number of nitrogens with one attached hydrogen (secondary N) is 2. The largest absolute Gasteiger partial charge is 0.497 e. The van der Waals surface area contributed by atoms with Crippen LogP contribution in [0.2, 0.25) is 5.02 Å². The van der Waals surface area contributed by atoms with Crippen LogP contribution in [0.25, 0.3) is 0 Å². The highest BCUT2D eigenvalue weighted by Gasteiger charge is 2.13. The molecule has 1 aromatic heterocycles. The van der Waals surface area contributed by atoms with E-state index in [1.54, 1.807) is 26.2 Å². The second-order valence-electron chi connectivity index (χ2n) is 4.45. The number of pyridine rings is 1. The van der Waals surface area contributed by atoms with E-state index in [-0.39, 0.29) is 5.91 Å². The van der Waals surface area contributed by atoms with Gasteiger partial charge in [0.2, 0.25) is 5.91 Å². The van der Waals surface area contributed by atoms with Gasteiger partial charge < -0.3 is 15.4 Å². The molecule has 1 amide bonds. The predicted molar refractivity (Wildman–Crippen MR) is 84.0 cm³/mol. The van der Waals surface area contributed by atoms with E-state index in [1.807, 2.05) is 24.3 Å². The minimum Gasteiger partial charge on any atom is -0.497 e. The van der Waals surface area contributed by atoms with Crippen LogP contribution < -0.4 is 15.4 Å². The molecule has 1 heterocycles. The van der Waals surface area contributed by atoms with Gasteiger partial charge in [0.1, 0.15) is 17.6 Å². The van der Waals surface area contributed by atoms with Gasteiger partial charge in [-0.2, -0.15) is 0 Å². The van der Waals surface area contributed by atoms with Crippen molar-refractivity contribution in [1.82, 2.24) is 4.98 Å². The molecule has 0 spiro atoms. The average molecular weight is 306 g/mol. The van der Waals surface area contributed by atoms with Crippen molar-refractivity contribution in [3.05, 3.63) is 47.6 Å². The van der Waals surface area contributed by atoms with Crippen molar-refractivity contribution in [1.29, 1.82) is 0 Å². The van der Waals surface area contributed by atoms with Crippen molar-refractivity contribution in [2.45, 2.75) is 13.0 Å². The Bertz CT molecular complexity index is 599. The van der Waals surface area contributed by atoms with Gasteiger partial charge in [0, 0.05) is 11.9 Å². The number of ether oxygens (including phenoxy) is 1. The Morgan fingerprint density at radius 3 is 2.52 bits per heavy atom. The molecule has 2 aromatic rings. The summed E-state index contributed by atoms with van der Waals surface area (Å²) >= 11 is 5.75. The van der Waals surface area contributed by atoms with Crippen molar-refractivity contribution >= 4 is 29.0 Å². The van der Waals surface area contributed by atoms with Gasteiger partial charge in [-0.25, -0.2) is 4.98 Å². The van der Waals surface area contributed by atoms with Gasteiger partial charge in [-0.1, -0.05) is 11.6 Å². The Balaban J connectivity index is 1.93. The number of hydrogen-bond acceptors (Lipinski definition) is 4. The summed E-state index contributed by atoms with van der Waals surface area (Å²) in [6, 6.07) is 10.3. The highest BCUT2D eigenvalue weighted by molar-refractivity contribution is 6.30. The third kappa shape index (κ3) is 4.36. The smallest absolute Gasteiger partial charge is 0.247 e. The van der Waals surface area contributed by atoms with Gasteiger partial charge in [-0.05, 0) is 43.3 Å². The van der Waals surface area contributed by atoms with Crippen molar-refractivity contribution in [3.63, 3.8) is 0 Å².